The van der Waals surface area contributed by atoms with E-state index >= 15 is 0 Å². The maximum Gasteiger partial charge on any atom is 0.312 e. The van der Waals surface area contributed by atoms with Crippen molar-refractivity contribution in [2.24, 2.45) is 5.92 Å². The van der Waals surface area contributed by atoms with Gasteiger partial charge in [0.15, 0.2) is 0 Å². The van der Waals surface area contributed by atoms with Crippen molar-refractivity contribution >= 4 is 29.3 Å². The molecule has 2 N–H and O–H groups in total. The maximum atomic E-state index is 12.1. The van der Waals surface area contributed by atoms with Crippen LogP contribution in [0.1, 0.15) is 26.3 Å². The summed E-state index contributed by atoms with van der Waals surface area (Å²) in [6, 6.07) is 7.16. The summed E-state index contributed by atoms with van der Waals surface area (Å²) in [6.07, 6.45) is 0. The highest BCUT2D eigenvalue weighted by Crippen LogP contribution is 2.11. The maximum absolute atomic E-state index is 12.1. The van der Waals surface area contributed by atoms with E-state index in [4.69, 9.17) is 0 Å². The Hall–Kier alpha value is -2.90. The average molecular weight is 374 g/mol. The molecule has 8 nitrogen and oxygen atoms in total. The summed E-state index contributed by atoms with van der Waals surface area (Å²) in [5.41, 5.74) is 1.56. The van der Waals surface area contributed by atoms with Crippen molar-refractivity contribution < 1.29 is 19.2 Å². The first-order chi connectivity index (χ1) is 12.8. The molecule has 1 heterocycles. The Morgan fingerprint density at radius 2 is 1.63 bits per heavy atom. The lowest BCUT2D eigenvalue weighted by Gasteiger charge is -2.32. The van der Waals surface area contributed by atoms with Gasteiger partial charge in [-0.3, -0.25) is 19.2 Å². The molecule has 4 amide bonds. The minimum absolute atomic E-state index is 0.0570. The zero-order valence-electron chi connectivity index (χ0n) is 15.9. The molecular formula is C19H26N4O4. The van der Waals surface area contributed by atoms with Crippen LogP contribution in [-0.4, -0.2) is 59.6 Å². The van der Waals surface area contributed by atoms with E-state index in [9.17, 15) is 19.2 Å². The van der Waals surface area contributed by atoms with Gasteiger partial charge in [-0.2, -0.15) is 0 Å². The van der Waals surface area contributed by atoms with Crippen LogP contribution in [-0.2, 0) is 25.7 Å². The van der Waals surface area contributed by atoms with Gasteiger partial charge in [-0.15, -0.1) is 0 Å². The van der Waals surface area contributed by atoms with Gasteiger partial charge in [0.1, 0.15) is 6.54 Å². The van der Waals surface area contributed by atoms with Gasteiger partial charge in [0.2, 0.25) is 11.8 Å². The number of likely N-dealkylation sites (N-methyl/N-ethyl adjacent to an activating group) is 1. The molecule has 1 saturated heterocycles. The number of carbonyl (C=O) groups is 4. The number of hydrogen-bond donors (Lipinski definition) is 2. The zero-order valence-corrected chi connectivity index (χ0v) is 15.9. The number of hydrogen-bond acceptors (Lipinski definition) is 4. The number of benzene rings is 1. The van der Waals surface area contributed by atoms with E-state index in [1.165, 1.54) is 9.80 Å². The Morgan fingerprint density at radius 1 is 1.04 bits per heavy atom. The molecule has 1 fully saturated rings. The van der Waals surface area contributed by atoms with Crippen molar-refractivity contribution in [1.29, 1.82) is 0 Å². The van der Waals surface area contributed by atoms with Gasteiger partial charge in [-0.05, 0) is 24.6 Å². The molecule has 1 aromatic rings. The summed E-state index contributed by atoms with van der Waals surface area (Å²) in [5.74, 6) is -1.67. The largest absolute Gasteiger partial charge is 0.350 e. The molecule has 0 spiro atoms. The lowest BCUT2D eigenvalue weighted by atomic mass is 10.1. The molecule has 0 bridgehead atoms. The first-order valence-corrected chi connectivity index (χ1v) is 9.06. The molecule has 0 radical (unpaired) electrons. The van der Waals surface area contributed by atoms with Gasteiger partial charge in [0, 0.05) is 37.8 Å². The number of nitrogens with zero attached hydrogens (tertiary/aromatic N) is 2. The number of piperazine rings is 1. The third-order valence-corrected chi connectivity index (χ3v) is 4.35. The van der Waals surface area contributed by atoms with Crippen LogP contribution in [0.4, 0.5) is 5.69 Å². The quantitative estimate of drug-likeness (QED) is 0.683. The Bertz CT molecular complexity index is 715. The molecule has 1 aliphatic rings. The third kappa shape index (κ3) is 5.54. The predicted octanol–water partition coefficient (Wildman–Crippen LogP) is 0.588. The summed E-state index contributed by atoms with van der Waals surface area (Å²) in [6.45, 7) is 6.90. The monoisotopic (exact) mass is 374 g/mol. The fraction of sp³-hybridized carbons (Fsp3) is 0.474. The van der Waals surface area contributed by atoms with Crippen LogP contribution in [0.3, 0.4) is 0 Å². The van der Waals surface area contributed by atoms with Gasteiger partial charge >= 0.3 is 11.8 Å². The van der Waals surface area contributed by atoms with Crippen LogP contribution in [0.15, 0.2) is 24.3 Å². The molecule has 8 heteroatoms. The third-order valence-electron chi connectivity index (χ3n) is 4.35. The number of carbonyl (C=O) groups excluding carboxylic acids is 4. The molecule has 0 aromatic heterocycles. The summed E-state index contributed by atoms with van der Waals surface area (Å²) in [5, 5.41) is 5.54. The van der Waals surface area contributed by atoms with Gasteiger partial charge in [-0.1, -0.05) is 26.0 Å². The molecule has 0 saturated carbocycles. The normalized spacial score (nSPS) is 14.5. The molecule has 146 valence electrons. The number of anilines is 1. The van der Waals surface area contributed by atoms with Crippen LogP contribution < -0.4 is 10.6 Å². The van der Waals surface area contributed by atoms with E-state index in [0.717, 1.165) is 5.56 Å². The molecule has 1 aromatic carbocycles. The molecule has 0 unspecified atom stereocenters. The molecule has 0 aliphatic carbocycles. The van der Waals surface area contributed by atoms with E-state index in [2.05, 4.69) is 10.6 Å². The van der Waals surface area contributed by atoms with Crippen LogP contribution in [0.2, 0.25) is 0 Å². The molecule has 0 atom stereocenters. The molecule has 1 aliphatic heterocycles. The smallest absolute Gasteiger partial charge is 0.312 e. The van der Waals surface area contributed by atoms with Crippen LogP contribution >= 0.6 is 0 Å². The van der Waals surface area contributed by atoms with Crippen molar-refractivity contribution in [3.05, 3.63) is 29.8 Å². The Labute approximate surface area is 158 Å². The lowest BCUT2D eigenvalue weighted by Crippen LogP contribution is -2.56. The predicted molar refractivity (Wildman–Crippen MR) is 101 cm³/mol. The van der Waals surface area contributed by atoms with Crippen molar-refractivity contribution in [3.8, 4) is 0 Å². The standard InChI is InChI=1S/C19H26N4O4/c1-4-22-9-10-23(19(27)18(22)26)12-16(24)20-11-14-5-7-15(8-6-14)21-17(25)13(2)3/h5-8,13H,4,9-12H2,1-3H3,(H,20,24)(H,21,25). The summed E-state index contributed by atoms with van der Waals surface area (Å²) in [4.78, 5) is 50.3. The number of amides is 4. The van der Waals surface area contributed by atoms with Crippen molar-refractivity contribution in [1.82, 2.24) is 15.1 Å². The Kier molecular flexibility index (Phi) is 6.92. The minimum Gasteiger partial charge on any atom is -0.350 e. The minimum atomic E-state index is -0.636. The van der Waals surface area contributed by atoms with Gasteiger partial charge < -0.3 is 20.4 Å². The Morgan fingerprint density at radius 3 is 2.22 bits per heavy atom. The van der Waals surface area contributed by atoms with Gasteiger partial charge in [0.25, 0.3) is 0 Å². The first kappa shape index (κ1) is 20.4. The van der Waals surface area contributed by atoms with E-state index in [1.807, 2.05) is 32.9 Å². The SMILES string of the molecule is CCN1CCN(CC(=O)NCc2ccc(NC(=O)C(C)C)cc2)C(=O)C1=O. The van der Waals surface area contributed by atoms with Crippen molar-refractivity contribution in [2.45, 2.75) is 27.3 Å². The average Bonchev–Trinajstić information content (AvgIpc) is 2.65. The topological polar surface area (TPSA) is 98.8 Å². The van der Waals surface area contributed by atoms with Gasteiger partial charge in [0.05, 0.1) is 0 Å². The summed E-state index contributed by atoms with van der Waals surface area (Å²) >= 11 is 0. The van der Waals surface area contributed by atoms with E-state index in [1.54, 1.807) is 12.1 Å². The second-order valence-corrected chi connectivity index (χ2v) is 6.73. The fourth-order valence-electron chi connectivity index (χ4n) is 2.59. The first-order valence-electron chi connectivity index (χ1n) is 9.06. The van der Waals surface area contributed by atoms with Crippen LogP contribution in [0.5, 0.6) is 0 Å². The second-order valence-electron chi connectivity index (χ2n) is 6.73. The van der Waals surface area contributed by atoms with Crippen LogP contribution in [0.25, 0.3) is 0 Å². The Balaban J connectivity index is 1.81. The van der Waals surface area contributed by atoms with E-state index in [0.29, 0.717) is 31.9 Å². The van der Waals surface area contributed by atoms with E-state index < -0.39 is 11.8 Å². The number of nitrogens with one attached hydrogen (secondary N) is 2. The zero-order chi connectivity index (χ0) is 20.0. The highest BCUT2D eigenvalue weighted by atomic mass is 16.2. The highest BCUT2D eigenvalue weighted by molar-refractivity contribution is 6.35. The van der Waals surface area contributed by atoms with Gasteiger partial charge in [-0.25, -0.2) is 0 Å². The lowest BCUT2D eigenvalue weighted by molar-refractivity contribution is -0.156. The highest BCUT2D eigenvalue weighted by Gasteiger charge is 2.32. The van der Waals surface area contributed by atoms with Crippen molar-refractivity contribution in [3.63, 3.8) is 0 Å². The summed E-state index contributed by atoms with van der Waals surface area (Å²) in [7, 11) is 0. The van der Waals surface area contributed by atoms with Crippen LogP contribution in [0, 0.1) is 5.92 Å². The molecule has 2 rings (SSSR count). The van der Waals surface area contributed by atoms with E-state index in [-0.39, 0.29) is 24.3 Å². The number of rotatable bonds is 7. The van der Waals surface area contributed by atoms with Crippen molar-refractivity contribution in [2.75, 3.05) is 31.5 Å². The fourth-order valence-corrected chi connectivity index (χ4v) is 2.59. The molecular weight excluding hydrogens is 348 g/mol. The second kappa shape index (κ2) is 9.16. The summed E-state index contributed by atoms with van der Waals surface area (Å²) < 4.78 is 0. The molecule has 27 heavy (non-hydrogen) atoms.